The second kappa shape index (κ2) is 9.12. The standard InChI is InChI=1S/C24H31N3O2/c1-18-10-9-11-19(16-18)29-15-8-7-14-27-21-13-6-5-12-20(21)26-22(27)17-25-23(28)24(2,3)4/h5-6,9-13,16H,7-8,14-15,17H2,1-4H3,(H,25,28). The smallest absolute Gasteiger partial charge is 0.225 e. The van der Waals surface area contributed by atoms with Crippen LogP contribution in [0.3, 0.4) is 0 Å². The van der Waals surface area contributed by atoms with E-state index in [9.17, 15) is 4.79 Å². The van der Waals surface area contributed by atoms with E-state index >= 15 is 0 Å². The molecule has 0 bridgehead atoms. The molecule has 0 saturated heterocycles. The molecule has 0 aliphatic rings. The normalized spacial score (nSPS) is 11.6. The molecule has 0 spiro atoms. The number of nitrogens with zero attached hydrogens (tertiary/aromatic N) is 2. The number of ether oxygens (including phenoxy) is 1. The van der Waals surface area contributed by atoms with Crippen LogP contribution in [0.5, 0.6) is 5.75 Å². The van der Waals surface area contributed by atoms with Crippen LogP contribution in [0.4, 0.5) is 0 Å². The van der Waals surface area contributed by atoms with Crippen LogP contribution in [0.15, 0.2) is 48.5 Å². The summed E-state index contributed by atoms with van der Waals surface area (Å²) >= 11 is 0. The predicted octanol–water partition coefficient (Wildman–Crippen LogP) is 4.87. The van der Waals surface area contributed by atoms with E-state index in [-0.39, 0.29) is 5.91 Å². The van der Waals surface area contributed by atoms with E-state index in [1.807, 2.05) is 51.1 Å². The van der Waals surface area contributed by atoms with Gasteiger partial charge in [0.25, 0.3) is 0 Å². The van der Waals surface area contributed by atoms with Gasteiger partial charge in [-0.1, -0.05) is 45.0 Å². The Balaban J connectivity index is 1.60. The number of hydrogen-bond donors (Lipinski definition) is 1. The topological polar surface area (TPSA) is 56.1 Å². The number of unbranched alkanes of at least 4 members (excludes halogenated alkanes) is 1. The van der Waals surface area contributed by atoms with E-state index in [0.717, 1.165) is 42.0 Å². The van der Waals surface area contributed by atoms with Crippen molar-refractivity contribution in [3.63, 3.8) is 0 Å². The van der Waals surface area contributed by atoms with Crippen molar-refractivity contribution in [3.8, 4) is 5.75 Å². The molecule has 1 heterocycles. The molecule has 1 aromatic heterocycles. The summed E-state index contributed by atoms with van der Waals surface area (Å²) in [5.41, 5.74) is 2.86. The highest BCUT2D eigenvalue weighted by Crippen LogP contribution is 2.19. The third kappa shape index (κ3) is 5.59. The Kier molecular flexibility index (Phi) is 6.57. The van der Waals surface area contributed by atoms with Gasteiger partial charge in [-0.3, -0.25) is 4.79 Å². The summed E-state index contributed by atoms with van der Waals surface area (Å²) in [6.07, 6.45) is 1.93. The van der Waals surface area contributed by atoms with E-state index in [1.54, 1.807) is 0 Å². The molecule has 1 amide bonds. The summed E-state index contributed by atoms with van der Waals surface area (Å²) in [5.74, 6) is 1.84. The Hall–Kier alpha value is -2.82. The van der Waals surface area contributed by atoms with Gasteiger partial charge in [0.15, 0.2) is 0 Å². The summed E-state index contributed by atoms with van der Waals surface area (Å²) in [4.78, 5) is 17.0. The summed E-state index contributed by atoms with van der Waals surface area (Å²) < 4.78 is 8.07. The largest absolute Gasteiger partial charge is 0.494 e. The van der Waals surface area contributed by atoms with Crippen molar-refractivity contribution in [3.05, 3.63) is 59.9 Å². The molecule has 3 rings (SSSR count). The first-order valence-electron chi connectivity index (χ1n) is 10.3. The quantitative estimate of drug-likeness (QED) is 0.556. The number of carbonyl (C=O) groups excluding carboxylic acids is 1. The molecule has 29 heavy (non-hydrogen) atoms. The molecule has 0 aliphatic heterocycles. The lowest BCUT2D eigenvalue weighted by atomic mass is 9.96. The minimum atomic E-state index is -0.413. The molecule has 154 valence electrons. The van der Waals surface area contributed by atoms with Gasteiger partial charge in [0.1, 0.15) is 11.6 Å². The number of benzene rings is 2. The van der Waals surface area contributed by atoms with Crippen LogP contribution in [-0.2, 0) is 17.9 Å². The van der Waals surface area contributed by atoms with Gasteiger partial charge in [0.05, 0.1) is 24.2 Å². The molecule has 5 heteroatoms. The van der Waals surface area contributed by atoms with Gasteiger partial charge in [0, 0.05) is 12.0 Å². The van der Waals surface area contributed by atoms with Crippen LogP contribution in [-0.4, -0.2) is 22.1 Å². The summed E-state index contributed by atoms with van der Waals surface area (Å²) in [7, 11) is 0. The van der Waals surface area contributed by atoms with Crippen molar-refractivity contribution in [1.82, 2.24) is 14.9 Å². The minimum Gasteiger partial charge on any atom is -0.494 e. The zero-order valence-electron chi connectivity index (χ0n) is 17.9. The fourth-order valence-electron chi connectivity index (χ4n) is 3.20. The molecule has 2 aromatic carbocycles. The SMILES string of the molecule is Cc1cccc(OCCCCn2c(CNC(=O)C(C)(C)C)nc3ccccc32)c1. The van der Waals surface area contributed by atoms with E-state index in [2.05, 4.69) is 35.0 Å². The fraction of sp³-hybridized carbons (Fsp3) is 0.417. The first-order chi connectivity index (χ1) is 13.8. The maximum absolute atomic E-state index is 12.3. The van der Waals surface area contributed by atoms with Gasteiger partial charge >= 0.3 is 0 Å². The van der Waals surface area contributed by atoms with Gasteiger partial charge < -0.3 is 14.6 Å². The minimum absolute atomic E-state index is 0.0302. The molecule has 0 radical (unpaired) electrons. The Morgan fingerprint density at radius 2 is 1.90 bits per heavy atom. The Labute approximate surface area is 173 Å². The number of fused-ring (bicyclic) bond motifs is 1. The number of imidazole rings is 1. The van der Waals surface area contributed by atoms with Crippen molar-refractivity contribution < 1.29 is 9.53 Å². The molecule has 1 N–H and O–H groups in total. The number of para-hydroxylation sites is 2. The van der Waals surface area contributed by atoms with Crippen LogP contribution < -0.4 is 10.1 Å². The molecule has 0 unspecified atom stereocenters. The lowest BCUT2D eigenvalue weighted by Crippen LogP contribution is -2.35. The van der Waals surface area contributed by atoms with Crippen molar-refractivity contribution in [2.24, 2.45) is 5.41 Å². The predicted molar refractivity (Wildman–Crippen MR) is 117 cm³/mol. The first kappa shape index (κ1) is 20.9. The van der Waals surface area contributed by atoms with Gasteiger partial charge in [-0.25, -0.2) is 4.98 Å². The van der Waals surface area contributed by atoms with Crippen LogP contribution in [0.2, 0.25) is 0 Å². The number of amides is 1. The van der Waals surface area contributed by atoms with E-state index in [1.165, 1.54) is 5.56 Å². The first-order valence-corrected chi connectivity index (χ1v) is 10.3. The van der Waals surface area contributed by atoms with Gasteiger partial charge in [0.2, 0.25) is 5.91 Å². The summed E-state index contributed by atoms with van der Waals surface area (Å²) in [5, 5.41) is 3.02. The number of aromatic nitrogens is 2. The molecule has 0 atom stereocenters. The van der Waals surface area contributed by atoms with Crippen LogP contribution in [0.1, 0.15) is 45.0 Å². The Bertz CT molecular complexity index is 970. The second-order valence-corrected chi connectivity index (χ2v) is 8.47. The molecule has 0 aliphatic carbocycles. The highest BCUT2D eigenvalue weighted by molar-refractivity contribution is 5.81. The zero-order chi connectivity index (χ0) is 20.9. The highest BCUT2D eigenvalue weighted by atomic mass is 16.5. The van der Waals surface area contributed by atoms with Gasteiger partial charge in [-0.15, -0.1) is 0 Å². The number of hydrogen-bond acceptors (Lipinski definition) is 3. The second-order valence-electron chi connectivity index (χ2n) is 8.47. The molecule has 0 fully saturated rings. The maximum Gasteiger partial charge on any atom is 0.225 e. The molecular formula is C24H31N3O2. The average Bonchev–Trinajstić information content (AvgIpc) is 3.03. The number of nitrogens with one attached hydrogen (secondary N) is 1. The zero-order valence-corrected chi connectivity index (χ0v) is 17.9. The number of rotatable bonds is 8. The lowest BCUT2D eigenvalue weighted by molar-refractivity contribution is -0.128. The van der Waals surface area contributed by atoms with E-state index < -0.39 is 5.41 Å². The monoisotopic (exact) mass is 393 g/mol. The maximum atomic E-state index is 12.3. The van der Waals surface area contributed by atoms with E-state index in [0.29, 0.717) is 13.2 Å². The Morgan fingerprint density at radius 3 is 2.66 bits per heavy atom. The molecule has 3 aromatic rings. The molecule has 5 nitrogen and oxygen atoms in total. The van der Waals surface area contributed by atoms with Gasteiger partial charge in [-0.2, -0.15) is 0 Å². The lowest BCUT2D eigenvalue weighted by Gasteiger charge is -2.18. The fourth-order valence-corrected chi connectivity index (χ4v) is 3.20. The van der Waals surface area contributed by atoms with Crippen molar-refractivity contribution >= 4 is 16.9 Å². The van der Waals surface area contributed by atoms with Crippen molar-refractivity contribution in [2.45, 2.75) is 53.6 Å². The third-order valence-corrected chi connectivity index (χ3v) is 4.86. The number of carbonyl (C=O) groups is 1. The average molecular weight is 394 g/mol. The molecule has 0 saturated carbocycles. The summed E-state index contributed by atoms with van der Waals surface area (Å²) in [6.45, 7) is 9.78. The van der Waals surface area contributed by atoms with Crippen LogP contribution in [0.25, 0.3) is 11.0 Å². The number of aryl methyl sites for hydroxylation is 2. The van der Waals surface area contributed by atoms with E-state index in [4.69, 9.17) is 9.72 Å². The highest BCUT2D eigenvalue weighted by Gasteiger charge is 2.21. The van der Waals surface area contributed by atoms with Crippen molar-refractivity contribution in [2.75, 3.05) is 6.61 Å². The molecular weight excluding hydrogens is 362 g/mol. The van der Waals surface area contributed by atoms with Gasteiger partial charge in [-0.05, 0) is 49.6 Å². The Morgan fingerprint density at radius 1 is 1.10 bits per heavy atom. The van der Waals surface area contributed by atoms with Crippen molar-refractivity contribution in [1.29, 1.82) is 0 Å². The van der Waals surface area contributed by atoms with Crippen LogP contribution >= 0.6 is 0 Å². The third-order valence-electron chi connectivity index (χ3n) is 4.86. The van der Waals surface area contributed by atoms with Crippen LogP contribution in [0, 0.1) is 12.3 Å². The summed E-state index contributed by atoms with van der Waals surface area (Å²) in [6, 6.07) is 16.2.